The van der Waals surface area contributed by atoms with Gasteiger partial charge in [-0.25, -0.2) is 0 Å². The van der Waals surface area contributed by atoms with Crippen LogP contribution in [0.15, 0.2) is 30.3 Å². The molecule has 6 nitrogen and oxygen atoms in total. The van der Waals surface area contributed by atoms with E-state index in [0.29, 0.717) is 6.61 Å². The predicted molar refractivity (Wildman–Crippen MR) is 69.7 cm³/mol. The number of fused-ring (bicyclic) bond motifs is 1. The van der Waals surface area contributed by atoms with Crippen molar-refractivity contribution >= 4 is 0 Å². The molecule has 2 aliphatic rings. The van der Waals surface area contributed by atoms with Crippen LogP contribution in [0.1, 0.15) is 11.9 Å². The van der Waals surface area contributed by atoms with Crippen LogP contribution in [0.2, 0.25) is 0 Å². The first-order valence-electron chi connectivity index (χ1n) is 6.64. The van der Waals surface area contributed by atoms with Crippen molar-refractivity contribution in [1.82, 2.24) is 0 Å². The summed E-state index contributed by atoms with van der Waals surface area (Å²) in [6.07, 6.45) is -2.91. The van der Waals surface area contributed by atoms with Crippen LogP contribution in [0.3, 0.4) is 0 Å². The molecule has 3 rings (SSSR count). The molecule has 2 fully saturated rings. The Bertz CT molecular complexity index is 440. The molecule has 0 saturated carbocycles. The number of aliphatic hydroxyl groups is 1. The molecule has 2 aliphatic heterocycles. The highest BCUT2D eigenvalue weighted by Crippen LogP contribution is 2.33. The van der Waals surface area contributed by atoms with Gasteiger partial charge >= 0.3 is 0 Å². The molecule has 0 amide bonds. The Morgan fingerprint density at radius 1 is 1.25 bits per heavy atom. The van der Waals surface area contributed by atoms with Crippen LogP contribution >= 0.6 is 0 Å². The molecule has 3 unspecified atom stereocenters. The first kappa shape index (κ1) is 13.9. The fourth-order valence-corrected chi connectivity index (χ4v) is 2.60. The minimum Gasteiger partial charge on any atom is -0.388 e. The summed E-state index contributed by atoms with van der Waals surface area (Å²) in [6, 6.07) is 8.93. The lowest BCUT2D eigenvalue weighted by Crippen LogP contribution is -2.64. The fraction of sp³-hybridized carbons (Fsp3) is 0.571. The second-order valence-electron chi connectivity index (χ2n) is 5.02. The zero-order chi connectivity index (χ0) is 14.1. The Kier molecular flexibility index (Phi) is 4.02. The van der Waals surface area contributed by atoms with Gasteiger partial charge in [0.2, 0.25) is 0 Å². The third kappa shape index (κ3) is 2.46. The van der Waals surface area contributed by atoms with E-state index in [1.54, 1.807) is 0 Å². The van der Waals surface area contributed by atoms with Gasteiger partial charge in [-0.3, -0.25) is 0 Å². The zero-order valence-electron chi connectivity index (χ0n) is 11.2. The van der Waals surface area contributed by atoms with E-state index in [1.165, 1.54) is 7.11 Å². The van der Waals surface area contributed by atoms with Gasteiger partial charge in [-0.1, -0.05) is 30.3 Å². The lowest BCUT2D eigenvalue weighted by Gasteiger charge is -2.46. The van der Waals surface area contributed by atoms with Crippen molar-refractivity contribution in [3.8, 4) is 0 Å². The molecule has 0 aromatic heterocycles. The summed E-state index contributed by atoms with van der Waals surface area (Å²) in [6.45, 7) is 0.327. The van der Waals surface area contributed by atoms with E-state index in [1.807, 2.05) is 30.3 Å². The number of ether oxygens (including phenoxy) is 4. The Balaban J connectivity index is 1.74. The molecular weight excluding hydrogens is 262 g/mol. The Labute approximate surface area is 117 Å². The van der Waals surface area contributed by atoms with E-state index in [-0.39, 0.29) is 6.10 Å². The molecule has 1 aromatic rings. The molecule has 6 atom stereocenters. The van der Waals surface area contributed by atoms with Gasteiger partial charge in [-0.15, -0.1) is 0 Å². The molecule has 2 saturated heterocycles. The van der Waals surface area contributed by atoms with Gasteiger partial charge in [0, 0.05) is 12.7 Å². The SMILES string of the molecule is CO[C@@H]1OC2COC(c3ccccc3)O[C@@H]2C(O)[C@H]1N. The summed E-state index contributed by atoms with van der Waals surface area (Å²) in [5.41, 5.74) is 6.81. The van der Waals surface area contributed by atoms with Crippen LogP contribution in [-0.4, -0.2) is 49.5 Å². The summed E-state index contributed by atoms with van der Waals surface area (Å²) in [4.78, 5) is 0. The van der Waals surface area contributed by atoms with E-state index in [4.69, 9.17) is 24.7 Å². The number of methoxy groups -OCH3 is 1. The Morgan fingerprint density at radius 2 is 2.00 bits per heavy atom. The standard InChI is InChI=1S/C14H19NO5/c1-17-14-10(15)11(16)12-9(19-14)7-18-13(20-12)8-5-3-2-4-6-8/h2-6,9-14,16H,7,15H2,1H3/t9?,10-,11?,12+,13?,14-/m1/s1. The smallest absolute Gasteiger partial charge is 0.184 e. The Hall–Kier alpha value is -1.02. The van der Waals surface area contributed by atoms with Crippen LogP contribution in [-0.2, 0) is 18.9 Å². The largest absolute Gasteiger partial charge is 0.388 e. The molecule has 1 aromatic carbocycles. The average molecular weight is 281 g/mol. The van der Waals surface area contributed by atoms with Gasteiger partial charge in [0.15, 0.2) is 12.6 Å². The molecule has 0 radical (unpaired) electrons. The fourth-order valence-electron chi connectivity index (χ4n) is 2.60. The maximum Gasteiger partial charge on any atom is 0.184 e. The van der Waals surface area contributed by atoms with E-state index >= 15 is 0 Å². The summed E-state index contributed by atoms with van der Waals surface area (Å²) < 4.78 is 22.2. The van der Waals surface area contributed by atoms with E-state index in [2.05, 4.69) is 0 Å². The molecule has 20 heavy (non-hydrogen) atoms. The topological polar surface area (TPSA) is 83.2 Å². The number of hydrogen-bond donors (Lipinski definition) is 2. The van der Waals surface area contributed by atoms with Gasteiger partial charge in [-0.2, -0.15) is 0 Å². The van der Waals surface area contributed by atoms with Crippen molar-refractivity contribution < 1.29 is 24.1 Å². The van der Waals surface area contributed by atoms with E-state index in [0.717, 1.165) is 5.56 Å². The van der Waals surface area contributed by atoms with Gasteiger partial charge < -0.3 is 29.8 Å². The highest BCUT2D eigenvalue weighted by atomic mass is 16.7. The average Bonchev–Trinajstić information content (AvgIpc) is 2.51. The van der Waals surface area contributed by atoms with Crippen LogP contribution in [0.4, 0.5) is 0 Å². The molecular formula is C14H19NO5. The second-order valence-corrected chi connectivity index (χ2v) is 5.02. The van der Waals surface area contributed by atoms with Crippen molar-refractivity contribution in [3.63, 3.8) is 0 Å². The number of rotatable bonds is 2. The predicted octanol–water partition coefficient (Wildman–Crippen LogP) is 0.160. The maximum atomic E-state index is 10.3. The van der Waals surface area contributed by atoms with Crippen molar-refractivity contribution in [2.45, 2.75) is 36.9 Å². The van der Waals surface area contributed by atoms with Gasteiger partial charge in [0.25, 0.3) is 0 Å². The van der Waals surface area contributed by atoms with Crippen LogP contribution in [0, 0.1) is 0 Å². The molecule has 0 bridgehead atoms. The number of hydrogen-bond acceptors (Lipinski definition) is 6. The quantitative estimate of drug-likeness (QED) is 0.803. The van der Waals surface area contributed by atoms with Crippen molar-refractivity contribution in [1.29, 1.82) is 0 Å². The lowest BCUT2D eigenvalue weighted by atomic mass is 9.96. The second kappa shape index (κ2) is 5.77. The van der Waals surface area contributed by atoms with Crippen LogP contribution in [0.25, 0.3) is 0 Å². The monoisotopic (exact) mass is 281 g/mol. The summed E-state index contributed by atoms with van der Waals surface area (Å²) >= 11 is 0. The van der Waals surface area contributed by atoms with Gasteiger partial charge in [-0.05, 0) is 0 Å². The number of nitrogens with two attached hydrogens (primary N) is 1. The highest BCUT2D eigenvalue weighted by molar-refractivity contribution is 5.16. The lowest BCUT2D eigenvalue weighted by molar-refractivity contribution is -0.339. The normalized spacial score (nSPS) is 41.1. The van der Waals surface area contributed by atoms with Gasteiger partial charge in [0.1, 0.15) is 18.3 Å². The van der Waals surface area contributed by atoms with Crippen LogP contribution in [0.5, 0.6) is 0 Å². The zero-order valence-corrected chi connectivity index (χ0v) is 11.2. The maximum absolute atomic E-state index is 10.3. The number of benzene rings is 1. The minimum atomic E-state index is -0.853. The van der Waals surface area contributed by atoms with Crippen molar-refractivity contribution in [3.05, 3.63) is 35.9 Å². The summed E-state index contributed by atoms with van der Waals surface area (Å²) in [7, 11) is 1.49. The first-order chi connectivity index (χ1) is 9.70. The molecule has 0 aliphatic carbocycles. The minimum absolute atomic E-state index is 0.327. The Morgan fingerprint density at radius 3 is 2.70 bits per heavy atom. The molecule has 3 N–H and O–H groups in total. The van der Waals surface area contributed by atoms with Crippen LogP contribution < -0.4 is 5.73 Å². The first-order valence-corrected chi connectivity index (χ1v) is 6.64. The molecule has 110 valence electrons. The van der Waals surface area contributed by atoms with E-state index < -0.39 is 30.8 Å². The van der Waals surface area contributed by atoms with Crippen molar-refractivity contribution in [2.24, 2.45) is 5.73 Å². The number of aliphatic hydroxyl groups excluding tert-OH is 1. The molecule has 6 heteroatoms. The molecule has 0 spiro atoms. The third-order valence-corrected chi connectivity index (χ3v) is 3.72. The highest BCUT2D eigenvalue weighted by Gasteiger charge is 2.48. The van der Waals surface area contributed by atoms with Crippen molar-refractivity contribution in [2.75, 3.05) is 13.7 Å². The van der Waals surface area contributed by atoms with Gasteiger partial charge in [0.05, 0.1) is 12.6 Å². The summed E-state index contributed by atoms with van der Waals surface area (Å²) in [5.74, 6) is 0. The van der Waals surface area contributed by atoms with E-state index in [9.17, 15) is 5.11 Å². The summed E-state index contributed by atoms with van der Waals surface area (Å²) in [5, 5.41) is 10.3. The molecule has 2 heterocycles. The third-order valence-electron chi connectivity index (χ3n) is 3.72.